The Morgan fingerprint density at radius 3 is 2.80 bits per heavy atom. The Morgan fingerprint density at radius 2 is 2.05 bits per heavy atom. The van der Waals surface area contributed by atoms with E-state index >= 15 is 0 Å². The first-order valence-corrected chi connectivity index (χ1v) is 6.89. The average Bonchev–Trinajstić information content (AvgIpc) is 2.46. The van der Waals surface area contributed by atoms with E-state index in [2.05, 4.69) is 11.1 Å². The highest BCUT2D eigenvalue weighted by Crippen LogP contribution is 2.21. The zero-order chi connectivity index (χ0) is 14.6. The number of unbranched alkanes of at least 4 members (excludes halogenated alkanes) is 1. The van der Waals surface area contributed by atoms with Crippen molar-refractivity contribution >= 4 is 10.9 Å². The van der Waals surface area contributed by atoms with Crippen molar-refractivity contribution < 1.29 is 0 Å². The highest BCUT2D eigenvalue weighted by atomic mass is 16.1. The Kier molecular flexibility index (Phi) is 4.19. The van der Waals surface area contributed by atoms with Crippen molar-refractivity contribution in [2.24, 2.45) is 5.41 Å². The molecule has 1 aromatic carbocycles. The van der Waals surface area contributed by atoms with E-state index in [1.165, 1.54) is 0 Å². The third-order valence-electron chi connectivity index (χ3n) is 3.48. The molecule has 0 aliphatic heterocycles. The van der Waals surface area contributed by atoms with Gasteiger partial charge < -0.3 is 0 Å². The van der Waals surface area contributed by atoms with Gasteiger partial charge in [0, 0.05) is 6.54 Å². The van der Waals surface area contributed by atoms with E-state index in [-0.39, 0.29) is 11.0 Å². The number of hydrogen-bond acceptors (Lipinski definition) is 3. The van der Waals surface area contributed by atoms with Gasteiger partial charge in [-0.25, -0.2) is 4.98 Å². The molecule has 0 aliphatic carbocycles. The molecule has 2 aromatic rings. The number of nitriles is 1. The van der Waals surface area contributed by atoms with Crippen molar-refractivity contribution in [2.45, 2.75) is 39.7 Å². The predicted octanol–water partition coefficient (Wildman–Crippen LogP) is 3.12. The van der Waals surface area contributed by atoms with Crippen LogP contribution in [-0.2, 0) is 6.54 Å². The second kappa shape index (κ2) is 5.87. The van der Waals surface area contributed by atoms with Crippen molar-refractivity contribution in [3.8, 4) is 6.07 Å². The molecule has 0 atom stereocenters. The molecule has 20 heavy (non-hydrogen) atoms. The molecule has 0 amide bonds. The molecule has 0 spiro atoms. The Morgan fingerprint density at radius 1 is 1.30 bits per heavy atom. The van der Waals surface area contributed by atoms with Gasteiger partial charge in [0.2, 0.25) is 0 Å². The first-order valence-electron chi connectivity index (χ1n) is 6.89. The molecule has 0 aliphatic rings. The lowest BCUT2D eigenvalue weighted by Gasteiger charge is -2.14. The van der Waals surface area contributed by atoms with Crippen LogP contribution in [0.3, 0.4) is 0 Å². The Labute approximate surface area is 118 Å². The molecule has 4 nitrogen and oxygen atoms in total. The van der Waals surface area contributed by atoms with Crippen molar-refractivity contribution in [3.63, 3.8) is 0 Å². The molecule has 0 saturated carbocycles. The molecule has 0 fully saturated rings. The second-order valence-electron chi connectivity index (χ2n) is 5.71. The quantitative estimate of drug-likeness (QED) is 0.783. The molecule has 0 N–H and O–H groups in total. The van der Waals surface area contributed by atoms with E-state index in [0.717, 1.165) is 24.8 Å². The summed E-state index contributed by atoms with van der Waals surface area (Å²) in [6, 6.07) is 9.67. The normalized spacial score (nSPS) is 11.4. The number of para-hydroxylation sites is 1. The molecule has 104 valence electrons. The Bertz CT molecular complexity index is 695. The second-order valence-corrected chi connectivity index (χ2v) is 5.71. The summed E-state index contributed by atoms with van der Waals surface area (Å²) < 4.78 is 1.65. The summed E-state index contributed by atoms with van der Waals surface area (Å²) >= 11 is 0. The summed E-state index contributed by atoms with van der Waals surface area (Å²) in [5, 5.41) is 9.62. The maximum absolute atomic E-state index is 12.2. The molecule has 0 unspecified atom stereocenters. The average molecular weight is 269 g/mol. The third-order valence-corrected chi connectivity index (χ3v) is 3.48. The minimum atomic E-state index is -0.285. The smallest absolute Gasteiger partial charge is 0.261 e. The van der Waals surface area contributed by atoms with Crippen LogP contribution in [0.25, 0.3) is 10.9 Å². The van der Waals surface area contributed by atoms with Gasteiger partial charge in [-0.1, -0.05) is 18.6 Å². The SMILES string of the molecule is CC(C)(C#N)CCCCn1cnc2ccccc2c1=O. The van der Waals surface area contributed by atoms with Crippen LogP contribution >= 0.6 is 0 Å². The molecule has 0 bridgehead atoms. The highest BCUT2D eigenvalue weighted by Gasteiger charge is 2.15. The zero-order valence-corrected chi connectivity index (χ0v) is 12.0. The van der Waals surface area contributed by atoms with Crippen LogP contribution in [0.2, 0.25) is 0 Å². The maximum atomic E-state index is 12.2. The van der Waals surface area contributed by atoms with Gasteiger partial charge in [0.1, 0.15) is 0 Å². The number of aryl methyl sites for hydroxylation is 1. The summed E-state index contributed by atoms with van der Waals surface area (Å²) in [4.78, 5) is 16.5. The van der Waals surface area contributed by atoms with Crippen molar-refractivity contribution in [1.82, 2.24) is 9.55 Å². The number of fused-ring (bicyclic) bond motifs is 1. The largest absolute Gasteiger partial charge is 0.299 e. The Balaban J connectivity index is 2.03. The summed E-state index contributed by atoms with van der Waals surface area (Å²) in [7, 11) is 0. The van der Waals surface area contributed by atoms with Crippen LogP contribution in [0.4, 0.5) is 0 Å². The molecule has 4 heteroatoms. The number of rotatable bonds is 5. The van der Waals surface area contributed by atoms with Gasteiger partial charge in [-0.15, -0.1) is 0 Å². The lowest BCUT2D eigenvalue weighted by molar-refractivity contribution is 0.415. The topological polar surface area (TPSA) is 58.7 Å². The van der Waals surface area contributed by atoms with E-state index in [9.17, 15) is 4.79 Å². The van der Waals surface area contributed by atoms with Gasteiger partial charge in [-0.05, 0) is 38.8 Å². The fourth-order valence-electron chi connectivity index (χ4n) is 2.17. The monoisotopic (exact) mass is 269 g/mol. The van der Waals surface area contributed by atoms with Crippen LogP contribution < -0.4 is 5.56 Å². The molecule has 2 rings (SSSR count). The number of benzene rings is 1. The van der Waals surface area contributed by atoms with E-state index in [1.807, 2.05) is 32.0 Å². The van der Waals surface area contributed by atoms with Crippen LogP contribution in [-0.4, -0.2) is 9.55 Å². The van der Waals surface area contributed by atoms with Crippen LogP contribution in [0, 0.1) is 16.7 Å². The standard InChI is InChI=1S/C16H19N3O/c1-16(2,11-17)9-5-6-10-19-12-18-14-8-4-3-7-13(14)15(19)20/h3-4,7-8,12H,5-6,9-10H2,1-2H3. The Hall–Kier alpha value is -2.15. The molecule has 0 saturated heterocycles. The van der Waals surface area contributed by atoms with Crippen molar-refractivity contribution in [3.05, 3.63) is 40.9 Å². The third kappa shape index (κ3) is 3.24. The van der Waals surface area contributed by atoms with E-state index in [0.29, 0.717) is 11.9 Å². The number of hydrogen-bond donors (Lipinski definition) is 0. The predicted molar refractivity (Wildman–Crippen MR) is 79.2 cm³/mol. The summed E-state index contributed by atoms with van der Waals surface area (Å²) in [6.07, 6.45) is 4.27. The number of nitrogens with zero attached hydrogens (tertiary/aromatic N) is 3. The first kappa shape index (κ1) is 14.3. The molecular weight excluding hydrogens is 250 g/mol. The zero-order valence-electron chi connectivity index (χ0n) is 12.0. The van der Waals surface area contributed by atoms with Gasteiger partial charge in [0.05, 0.1) is 28.7 Å². The van der Waals surface area contributed by atoms with E-state index in [4.69, 9.17) is 5.26 Å². The van der Waals surface area contributed by atoms with Crippen molar-refractivity contribution in [2.75, 3.05) is 0 Å². The van der Waals surface area contributed by atoms with E-state index < -0.39 is 0 Å². The highest BCUT2D eigenvalue weighted by molar-refractivity contribution is 5.76. The fraction of sp³-hybridized carbons (Fsp3) is 0.438. The van der Waals surface area contributed by atoms with Crippen molar-refractivity contribution in [1.29, 1.82) is 5.26 Å². The van der Waals surface area contributed by atoms with Gasteiger partial charge in [-0.2, -0.15) is 5.26 Å². The maximum Gasteiger partial charge on any atom is 0.261 e. The van der Waals surface area contributed by atoms with Crippen LogP contribution in [0.5, 0.6) is 0 Å². The molecule has 1 heterocycles. The molecule has 0 radical (unpaired) electrons. The van der Waals surface area contributed by atoms with Gasteiger partial charge in [-0.3, -0.25) is 9.36 Å². The van der Waals surface area contributed by atoms with Gasteiger partial charge in [0.25, 0.3) is 5.56 Å². The minimum Gasteiger partial charge on any atom is -0.299 e. The molecule has 1 aromatic heterocycles. The van der Waals surface area contributed by atoms with Crippen LogP contribution in [0.15, 0.2) is 35.4 Å². The molecular formula is C16H19N3O. The summed E-state index contributed by atoms with van der Waals surface area (Å²) in [5.74, 6) is 0. The van der Waals surface area contributed by atoms with Gasteiger partial charge in [0.15, 0.2) is 0 Å². The van der Waals surface area contributed by atoms with E-state index in [1.54, 1.807) is 17.0 Å². The van der Waals surface area contributed by atoms with Crippen LogP contribution in [0.1, 0.15) is 33.1 Å². The minimum absolute atomic E-state index is 0.00939. The lowest BCUT2D eigenvalue weighted by atomic mass is 9.89. The fourth-order valence-corrected chi connectivity index (χ4v) is 2.17. The first-order chi connectivity index (χ1) is 9.53. The lowest BCUT2D eigenvalue weighted by Crippen LogP contribution is -2.20. The summed E-state index contributed by atoms with van der Waals surface area (Å²) in [6.45, 7) is 4.53. The van der Waals surface area contributed by atoms with Gasteiger partial charge >= 0.3 is 0 Å². The number of aromatic nitrogens is 2. The summed E-state index contributed by atoms with van der Waals surface area (Å²) in [5.41, 5.74) is 0.460.